The molecule has 0 radical (unpaired) electrons. The molecule has 3 aromatic heterocycles. The largest absolute Gasteiger partial charge is 0.373 e. The fraction of sp³-hybridized carbons (Fsp3) is 0.188. The number of aromatic amines is 1. The van der Waals surface area contributed by atoms with Gasteiger partial charge in [-0.1, -0.05) is 29.5 Å². The third-order valence-corrected chi connectivity index (χ3v) is 4.87. The summed E-state index contributed by atoms with van der Waals surface area (Å²) in [4.78, 5) is 21.5. The van der Waals surface area contributed by atoms with E-state index in [0.717, 1.165) is 16.5 Å². The Kier molecular flexibility index (Phi) is 3.46. The van der Waals surface area contributed by atoms with Crippen molar-refractivity contribution in [3.05, 3.63) is 57.7 Å². The van der Waals surface area contributed by atoms with Crippen LogP contribution < -0.4 is 4.90 Å². The number of rotatable bonds is 5. The number of benzene rings is 1. The number of hydrogen-bond donors (Lipinski definition) is 1. The molecular formula is C16H15N5O2S. The van der Waals surface area contributed by atoms with Crippen LogP contribution in [0.3, 0.4) is 0 Å². The maximum atomic E-state index is 11.5. The molecular weight excluding hydrogens is 326 g/mol. The van der Waals surface area contributed by atoms with Gasteiger partial charge < -0.3 is 20.0 Å². The molecule has 0 atom stereocenters. The van der Waals surface area contributed by atoms with Crippen LogP contribution in [0.4, 0.5) is 11.6 Å². The lowest BCUT2D eigenvalue weighted by Crippen LogP contribution is -2.23. The molecule has 7 nitrogen and oxygen atoms in total. The van der Waals surface area contributed by atoms with E-state index < -0.39 is 0 Å². The minimum absolute atomic E-state index is 0.0212. The van der Waals surface area contributed by atoms with Crippen LogP contribution in [-0.2, 0) is 6.54 Å². The molecule has 0 aliphatic heterocycles. The molecule has 4 aromatic rings. The molecule has 0 aliphatic rings. The van der Waals surface area contributed by atoms with Gasteiger partial charge in [-0.3, -0.25) is 0 Å². The van der Waals surface area contributed by atoms with Crippen LogP contribution in [0.5, 0.6) is 0 Å². The Morgan fingerprint density at radius 2 is 2.25 bits per heavy atom. The van der Waals surface area contributed by atoms with Gasteiger partial charge in [0.1, 0.15) is 6.20 Å². The van der Waals surface area contributed by atoms with Gasteiger partial charge in [0.15, 0.2) is 0 Å². The highest BCUT2D eigenvalue weighted by Crippen LogP contribution is 2.32. The lowest BCUT2D eigenvalue weighted by molar-refractivity contribution is -0.389. The van der Waals surface area contributed by atoms with Crippen LogP contribution in [0.25, 0.3) is 15.9 Å². The van der Waals surface area contributed by atoms with Gasteiger partial charge in [0, 0.05) is 35.6 Å². The molecule has 3 heterocycles. The third-order valence-electron chi connectivity index (χ3n) is 4.11. The van der Waals surface area contributed by atoms with Crippen LogP contribution >= 0.6 is 11.3 Å². The zero-order chi connectivity index (χ0) is 16.7. The van der Waals surface area contributed by atoms with E-state index in [1.54, 1.807) is 11.6 Å². The molecule has 0 bridgehead atoms. The van der Waals surface area contributed by atoms with Crippen molar-refractivity contribution in [2.75, 3.05) is 11.4 Å². The summed E-state index contributed by atoms with van der Waals surface area (Å²) in [6.45, 7) is 3.17. The lowest BCUT2D eigenvalue weighted by atomic mass is 10.1. The minimum atomic E-state index is -0.361. The SMILES string of the molecule is CCN(Cc1c[nH]c2ccccc12)c1nc2sccn2c1[N+](=O)[O-]. The van der Waals surface area contributed by atoms with Crippen LogP contribution in [0.2, 0.25) is 0 Å². The molecule has 0 saturated carbocycles. The first-order valence-electron chi connectivity index (χ1n) is 7.59. The Morgan fingerprint density at radius 1 is 1.42 bits per heavy atom. The predicted octanol–water partition coefficient (Wildman–Crippen LogP) is 3.81. The average molecular weight is 341 g/mol. The van der Waals surface area contributed by atoms with E-state index in [1.165, 1.54) is 15.7 Å². The number of nitrogens with zero attached hydrogens (tertiary/aromatic N) is 4. The Balaban J connectivity index is 1.77. The highest BCUT2D eigenvalue weighted by atomic mass is 32.1. The van der Waals surface area contributed by atoms with Crippen molar-refractivity contribution in [2.24, 2.45) is 0 Å². The maximum Gasteiger partial charge on any atom is 0.373 e. The smallest absolute Gasteiger partial charge is 0.361 e. The van der Waals surface area contributed by atoms with Crippen molar-refractivity contribution in [3.63, 3.8) is 0 Å². The third kappa shape index (κ3) is 2.23. The molecule has 24 heavy (non-hydrogen) atoms. The number of aromatic nitrogens is 3. The van der Waals surface area contributed by atoms with Crippen LogP contribution in [0.15, 0.2) is 42.0 Å². The fourth-order valence-corrected chi connectivity index (χ4v) is 3.65. The molecule has 0 fully saturated rings. The second kappa shape index (κ2) is 5.64. The number of nitro groups is 1. The summed E-state index contributed by atoms with van der Waals surface area (Å²) in [6, 6.07) is 8.04. The maximum absolute atomic E-state index is 11.5. The Hall–Kier alpha value is -2.87. The fourth-order valence-electron chi connectivity index (χ4n) is 2.95. The van der Waals surface area contributed by atoms with Crippen molar-refractivity contribution < 1.29 is 4.92 Å². The summed E-state index contributed by atoms with van der Waals surface area (Å²) in [7, 11) is 0. The summed E-state index contributed by atoms with van der Waals surface area (Å²) >= 11 is 1.39. The topological polar surface area (TPSA) is 79.5 Å². The van der Waals surface area contributed by atoms with Gasteiger partial charge in [0.25, 0.3) is 4.96 Å². The summed E-state index contributed by atoms with van der Waals surface area (Å²) in [5.74, 6) is 0.438. The van der Waals surface area contributed by atoms with Gasteiger partial charge in [0.2, 0.25) is 5.82 Å². The van der Waals surface area contributed by atoms with E-state index in [-0.39, 0.29) is 10.7 Å². The molecule has 4 rings (SSSR count). The predicted molar refractivity (Wildman–Crippen MR) is 94.7 cm³/mol. The molecule has 122 valence electrons. The molecule has 8 heteroatoms. The monoisotopic (exact) mass is 341 g/mol. The molecule has 0 aliphatic carbocycles. The second-order valence-electron chi connectivity index (χ2n) is 5.45. The van der Waals surface area contributed by atoms with E-state index in [1.807, 2.05) is 36.2 Å². The van der Waals surface area contributed by atoms with Crippen LogP contribution in [0, 0.1) is 10.1 Å². The Bertz CT molecular complexity index is 1030. The Morgan fingerprint density at radius 3 is 3.04 bits per heavy atom. The van der Waals surface area contributed by atoms with Gasteiger partial charge in [-0.25, -0.2) is 0 Å². The standard InChI is InChI=1S/C16H15N5O2S/c1-2-19(10-11-9-17-13-6-4-3-5-12(11)13)14-15(21(22)23)20-7-8-24-16(20)18-14/h3-9,17H,2,10H2,1H3. The van der Waals surface area contributed by atoms with Crippen LogP contribution in [-0.4, -0.2) is 25.8 Å². The van der Waals surface area contributed by atoms with Gasteiger partial charge in [0.05, 0.1) is 0 Å². The van der Waals surface area contributed by atoms with Crippen molar-refractivity contribution in [3.8, 4) is 0 Å². The van der Waals surface area contributed by atoms with Crippen molar-refractivity contribution in [1.29, 1.82) is 0 Å². The number of H-pyrrole nitrogens is 1. The van der Waals surface area contributed by atoms with E-state index >= 15 is 0 Å². The summed E-state index contributed by atoms with van der Waals surface area (Å²) < 4.78 is 1.54. The number of fused-ring (bicyclic) bond motifs is 2. The summed E-state index contributed by atoms with van der Waals surface area (Å²) in [5.41, 5.74) is 2.15. The second-order valence-corrected chi connectivity index (χ2v) is 6.32. The van der Waals surface area contributed by atoms with Crippen molar-refractivity contribution >= 4 is 38.8 Å². The number of thiazole rings is 1. The zero-order valence-electron chi connectivity index (χ0n) is 13.0. The first-order valence-corrected chi connectivity index (χ1v) is 8.47. The minimum Gasteiger partial charge on any atom is -0.361 e. The van der Waals surface area contributed by atoms with E-state index in [9.17, 15) is 10.1 Å². The normalized spacial score (nSPS) is 11.4. The summed E-state index contributed by atoms with van der Waals surface area (Å²) in [6.07, 6.45) is 3.64. The first-order chi connectivity index (χ1) is 11.7. The number of para-hydroxylation sites is 1. The van der Waals surface area contributed by atoms with E-state index in [4.69, 9.17) is 0 Å². The van der Waals surface area contributed by atoms with Crippen LogP contribution in [0.1, 0.15) is 12.5 Å². The van der Waals surface area contributed by atoms with Gasteiger partial charge in [-0.15, -0.1) is 0 Å². The molecule has 0 amide bonds. The Labute approximate surface area is 141 Å². The van der Waals surface area contributed by atoms with Gasteiger partial charge >= 0.3 is 5.82 Å². The zero-order valence-corrected chi connectivity index (χ0v) is 13.8. The average Bonchev–Trinajstić information content (AvgIpc) is 3.26. The molecule has 0 spiro atoms. The number of hydrogen-bond acceptors (Lipinski definition) is 5. The highest BCUT2D eigenvalue weighted by Gasteiger charge is 2.27. The van der Waals surface area contributed by atoms with Crippen molar-refractivity contribution in [2.45, 2.75) is 13.5 Å². The molecule has 0 saturated heterocycles. The summed E-state index contributed by atoms with van der Waals surface area (Å²) in [5, 5.41) is 14.5. The number of anilines is 1. The molecule has 1 aromatic carbocycles. The molecule has 1 N–H and O–H groups in total. The van der Waals surface area contributed by atoms with Crippen molar-refractivity contribution in [1.82, 2.24) is 14.4 Å². The molecule has 0 unspecified atom stereocenters. The quantitative estimate of drug-likeness (QED) is 0.442. The lowest BCUT2D eigenvalue weighted by Gasteiger charge is -2.19. The van der Waals surface area contributed by atoms with Gasteiger partial charge in [-0.2, -0.15) is 9.38 Å². The highest BCUT2D eigenvalue weighted by molar-refractivity contribution is 7.15. The van der Waals surface area contributed by atoms with Gasteiger partial charge in [-0.05, 0) is 23.5 Å². The van der Waals surface area contributed by atoms with E-state index in [2.05, 4.69) is 16.0 Å². The number of nitrogens with one attached hydrogen (secondary N) is 1. The van der Waals surface area contributed by atoms with E-state index in [0.29, 0.717) is 23.9 Å². The number of imidazole rings is 1. The first kappa shape index (κ1) is 14.7.